The SMILES string of the molecule is CC(C)Oc1ccc(-c2cccc(S(=O)NC(Cc3cccc(C(=N)N)c3)C(=O)N3CCC(CCN)CC3)c2)cc1. The molecule has 0 radical (unpaired) electrons. The van der Waals surface area contributed by atoms with Crippen molar-refractivity contribution in [3.05, 3.63) is 83.9 Å². The number of carbonyl (C=O) groups excluding carboxylic acids is 1. The highest BCUT2D eigenvalue weighted by molar-refractivity contribution is 7.83. The van der Waals surface area contributed by atoms with Crippen LogP contribution >= 0.6 is 0 Å². The average molecular weight is 576 g/mol. The number of benzene rings is 3. The van der Waals surface area contributed by atoms with Crippen LogP contribution in [0.4, 0.5) is 0 Å². The fourth-order valence-electron chi connectivity index (χ4n) is 5.17. The molecule has 41 heavy (non-hydrogen) atoms. The first-order valence-electron chi connectivity index (χ1n) is 14.2. The van der Waals surface area contributed by atoms with E-state index in [1.807, 2.05) is 79.4 Å². The number of likely N-dealkylation sites (tertiary alicyclic amines) is 1. The summed E-state index contributed by atoms with van der Waals surface area (Å²) in [5.74, 6) is 1.22. The van der Waals surface area contributed by atoms with Gasteiger partial charge in [0, 0.05) is 18.7 Å². The van der Waals surface area contributed by atoms with Gasteiger partial charge < -0.3 is 21.1 Å². The minimum absolute atomic E-state index is 0.0335. The monoisotopic (exact) mass is 575 g/mol. The lowest BCUT2D eigenvalue weighted by Crippen LogP contribution is -2.50. The van der Waals surface area contributed by atoms with E-state index in [2.05, 4.69) is 4.72 Å². The van der Waals surface area contributed by atoms with Gasteiger partial charge in [-0.2, -0.15) is 0 Å². The maximum atomic E-state index is 13.8. The second-order valence-corrected chi connectivity index (χ2v) is 12.1. The molecule has 0 aliphatic carbocycles. The van der Waals surface area contributed by atoms with Crippen LogP contribution in [-0.4, -0.2) is 52.6 Å². The lowest BCUT2D eigenvalue weighted by molar-refractivity contribution is -0.134. The van der Waals surface area contributed by atoms with Crippen molar-refractivity contribution in [2.24, 2.45) is 17.4 Å². The summed E-state index contributed by atoms with van der Waals surface area (Å²) >= 11 is 0. The van der Waals surface area contributed by atoms with Gasteiger partial charge in [0.15, 0.2) is 0 Å². The summed E-state index contributed by atoms with van der Waals surface area (Å²) in [6.07, 6.45) is 3.22. The summed E-state index contributed by atoms with van der Waals surface area (Å²) in [5, 5.41) is 7.79. The Bertz CT molecular complexity index is 1350. The van der Waals surface area contributed by atoms with Gasteiger partial charge in [0.25, 0.3) is 0 Å². The molecule has 1 fully saturated rings. The van der Waals surface area contributed by atoms with Crippen LogP contribution < -0.4 is 20.9 Å². The van der Waals surface area contributed by atoms with Gasteiger partial charge in [-0.1, -0.05) is 42.5 Å². The number of amidine groups is 1. The van der Waals surface area contributed by atoms with Crippen LogP contribution in [0.25, 0.3) is 11.1 Å². The number of nitrogen functional groups attached to an aromatic ring is 1. The number of hydrogen-bond donors (Lipinski definition) is 4. The van der Waals surface area contributed by atoms with Crippen LogP contribution in [0.2, 0.25) is 0 Å². The second kappa shape index (κ2) is 14.4. The molecule has 9 heteroatoms. The Morgan fingerprint density at radius 2 is 1.76 bits per heavy atom. The number of rotatable bonds is 12. The van der Waals surface area contributed by atoms with Gasteiger partial charge in [0.2, 0.25) is 5.91 Å². The number of carbonyl (C=O) groups is 1. The average Bonchev–Trinajstić information content (AvgIpc) is 2.97. The van der Waals surface area contributed by atoms with Crippen molar-refractivity contribution in [1.82, 2.24) is 9.62 Å². The third kappa shape index (κ3) is 8.48. The van der Waals surface area contributed by atoms with Crippen LogP contribution in [0.1, 0.15) is 44.2 Å². The van der Waals surface area contributed by atoms with Crippen molar-refractivity contribution >= 4 is 22.7 Å². The van der Waals surface area contributed by atoms with E-state index in [-0.39, 0.29) is 17.8 Å². The maximum absolute atomic E-state index is 13.8. The Kier molecular flexibility index (Phi) is 10.7. The first-order valence-corrected chi connectivity index (χ1v) is 15.4. The van der Waals surface area contributed by atoms with Gasteiger partial charge >= 0.3 is 0 Å². The zero-order valence-electron chi connectivity index (χ0n) is 23.8. The molecule has 8 nitrogen and oxygen atoms in total. The molecule has 1 aliphatic rings. The molecule has 4 rings (SSSR count). The van der Waals surface area contributed by atoms with Crippen molar-refractivity contribution in [1.29, 1.82) is 5.41 Å². The molecule has 2 atom stereocenters. The van der Waals surface area contributed by atoms with E-state index in [1.54, 1.807) is 12.1 Å². The highest BCUT2D eigenvalue weighted by atomic mass is 32.2. The molecule has 6 N–H and O–H groups in total. The second-order valence-electron chi connectivity index (χ2n) is 10.8. The number of amides is 1. The highest BCUT2D eigenvalue weighted by Gasteiger charge is 2.30. The molecule has 0 bridgehead atoms. The molecule has 1 heterocycles. The molecule has 0 saturated carbocycles. The Morgan fingerprint density at radius 3 is 2.41 bits per heavy atom. The van der Waals surface area contributed by atoms with Crippen molar-refractivity contribution < 1.29 is 13.7 Å². The predicted octanol–water partition coefficient (Wildman–Crippen LogP) is 4.24. The molecule has 3 aromatic rings. The van der Waals surface area contributed by atoms with Gasteiger partial charge in [-0.05, 0) is 99.0 Å². The molecule has 218 valence electrons. The number of hydrogen-bond acceptors (Lipinski definition) is 5. The largest absolute Gasteiger partial charge is 0.491 e. The minimum atomic E-state index is -1.64. The topological polar surface area (TPSA) is 135 Å². The Hall–Kier alpha value is -3.53. The van der Waals surface area contributed by atoms with Gasteiger partial charge in [0.05, 0.1) is 11.0 Å². The van der Waals surface area contributed by atoms with E-state index in [4.69, 9.17) is 21.6 Å². The summed E-state index contributed by atoms with van der Waals surface area (Å²) < 4.78 is 22.5. The Balaban J connectivity index is 1.53. The van der Waals surface area contributed by atoms with Crippen LogP contribution in [0.3, 0.4) is 0 Å². The van der Waals surface area contributed by atoms with Gasteiger partial charge in [-0.3, -0.25) is 10.2 Å². The number of nitrogens with two attached hydrogens (primary N) is 2. The predicted molar refractivity (Wildman–Crippen MR) is 165 cm³/mol. The normalized spacial score (nSPS) is 15.5. The number of nitrogens with zero attached hydrogens (tertiary/aromatic N) is 1. The maximum Gasteiger partial charge on any atom is 0.241 e. The first-order chi connectivity index (χ1) is 19.7. The number of nitrogens with one attached hydrogen (secondary N) is 2. The van der Waals surface area contributed by atoms with Crippen LogP contribution in [0.5, 0.6) is 5.75 Å². The van der Waals surface area contributed by atoms with Crippen LogP contribution in [-0.2, 0) is 22.2 Å². The number of piperidine rings is 1. The van der Waals surface area contributed by atoms with Crippen molar-refractivity contribution in [2.75, 3.05) is 19.6 Å². The van der Waals surface area contributed by atoms with E-state index < -0.39 is 17.0 Å². The summed E-state index contributed by atoms with van der Waals surface area (Å²) in [5.41, 5.74) is 14.8. The van der Waals surface area contributed by atoms with E-state index in [1.165, 1.54) is 0 Å². The molecule has 0 spiro atoms. The zero-order chi connectivity index (χ0) is 29.4. The van der Waals surface area contributed by atoms with Gasteiger partial charge in [0.1, 0.15) is 28.6 Å². The summed E-state index contributed by atoms with van der Waals surface area (Å²) in [6.45, 7) is 5.95. The van der Waals surface area contributed by atoms with E-state index >= 15 is 0 Å². The number of ether oxygens (including phenoxy) is 1. The van der Waals surface area contributed by atoms with Crippen LogP contribution in [0.15, 0.2) is 77.7 Å². The molecule has 1 saturated heterocycles. The molecule has 1 aliphatic heterocycles. The zero-order valence-corrected chi connectivity index (χ0v) is 24.7. The third-order valence-electron chi connectivity index (χ3n) is 7.33. The summed E-state index contributed by atoms with van der Waals surface area (Å²) in [4.78, 5) is 16.2. The lowest BCUT2D eigenvalue weighted by Gasteiger charge is -2.34. The quantitative estimate of drug-likeness (QED) is 0.189. The van der Waals surface area contributed by atoms with E-state index in [9.17, 15) is 9.00 Å². The molecular formula is C32H41N5O3S. The molecule has 0 aromatic heterocycles. The standard InChI is InChI=1S/C32H41N5O3S/c1-22(2)40-28-11-9-25(10-12-28)26-6-4-8-29(21-26)41(39)36-30(20-24-5-3-7-27(19-24)31(34)35)32(38)37-17-14-23(13-16-33)15-18-37/h3-12,19,21-23,30,36H,13-18,20,33H2,1-2H3,(H3,34,35). The minimum Gasteiger partial charge on any atom is -0.491 e. The first kappa shape index (κ1) is 30.4. The molecule has 2 unspecified atom stereocenters. The fraction of sp³-hybridized carbons (Fsp3) is 0.375. The Labute approximate surface area is 245 Å². The summed E-state index contributed by atoms with van der Waals surface area (Å²) in [6, 6.07) is 22.0. The highest BCUT2D eigenvalue weighted by Crippen LogP contribution is 2.25. The lowest BCUT2D eigenvalue weighted by atomic mass is 9.93. The van der Waals surface area contributed by atoms with E-state index in [0.717, 1.165) is 41.7 Å². The van der Waals surface area contributed by atoms with Crippen molar-refractivity contribution in [3.63, 3.8) is 0 Å². The molecule has 3 aromatic carbocycles. The van der Waals surface area contributed by atoms with Crippen molar-refractivity contribution in [2.45, 2.75) is 56.6 Å². The van der Waals surface area contributed by atoms with Crippen LogP contribution in [0, 0.1) is 11.3 Å². The van der Waals surface area contributed by atoms with Gasteiger partial charge in [-0.25, -0.2) is 8.93 Å². The van der Waals surface area contributed by atoms with Crippen molar-refractivity contribution in [3.8, 4) is 16.9 Å². The smallest absolute Gasteiger partial charge is 0.241 e. The van der Waals surface area contributed by atoms with Gasteiger partial charge in [-0.15, -0.1) is 0 Å². The summed E-state index contributed by atoms with van der Waals surface area (Å²) in [7, 11) is -1.64. The molecule has 1 amide bonds. The fourth-order valence-corrected chi connectivity index (χ4v) is 6.18. The van der Waals surface area contributed by atoms with E-state index in [0.29, 0.717) is 42.4 Å². The Morgan fingerprint density at radius 1 is 1.05 bits per heavy atom. The molecular weight excluding hydrogens is 534 g/mol. The third-order valence-corrected chi connectivity index (χ3v) is 8.51.